The third-order valence-electron chi connectivity index (χ3n) is 4.17. The zero-order valence-corrected chi connectivity index (χ0v) is 12.7. The third-order valence-corrected chi connectivity index (χ3v) is 4.17. The minimum Gasteiger partial charge on any atom is -0.493 e. The first-order valence-corrected chi connectivity index (χ1v) is 7.77. The third kappa shape index (κ3) is 2.83. The molecule has 1 aromatic carbocycles. The number of nitrogens with zero attached hydrogens (tertiary/aromatic N) is 2. The van der Waals surface area contributed by atoms with Gasteiger partial charge < -0.3 is 10.1 Å². The number of hydrogen-bond acceptors (Lipinski definition) is 4. The zero-order chi connectivity index (χ0) is 15.5. The number of benzene rings is 1. The van der Waals surface area contributed by atoms with E-state index in [1.54, 1.807) is 6.20 Å². The van der Waals surface area contributed by atoms with Crippen molar-refractivity contribution in [3.63, 3.8) is 0 Å². The minimum atomic E-state index is 0.403. The van der Waals surface area contributed by atoms with Gasteiger partial charge in [0.05, 0.1) is 18.5 Å². The Balaban J connectivity index is 1.41. The second-order valence-corrected chi connectivity index (χ2v) is 5.69. The topological polar surface area (TPSA) is 62.8 Å². The van der Waals surface area contributed by atoms with Gasteiger partial charge in [0, 0.05) is 48.1 Å². The molecule has 1 unspecified atom stereocenters. The predicted octanol–water partition coefficient (Wildman–Crippen LogP) is 2.74. The number of pyridine rings is 1. The maximum atomic E-state index is 5.73. The number of fused-ring (bicyclic) bond motifs is 1. The Morgan fingerprint density at radius 1 is 1.17 bits per heavy atom. The van der Waals surface area contributed by atoms with E-state index in [-0.39, 0.29) is 0 Å². The summed E-state index contributed by atoms with van der Waals surface area (Å²) >= 11 is 0. The van der Waals surface area contributed by atoms with Crippen molar-refractivity contribution in [1.82, 2.24) is 20.5 Å². The van der Waals surface area contributed by atoms with Gasteiger partial charge >= 0.3 is 0 Å². The number of para-hydroxylation sites is 1. The number of hydrogen-bond donors (Lipinski definition) is 2. The molecule has 0 spiro atoms. The maximum Gasteiger partial charge on any atom is 0.122 e. The number of aromatic nitrogens is 3. The molecule has 3 heterocycles. The second kappa shape index (κ2) is 6.22. The molecular formula is C18H18N4O. The molecule has 2 aromatic heterocycles. The van der Waals surface area contributed by atoms with E-state index in [0.717, 1.165) is 42.3 Å². The molecule has 0 saturated heterocycles. The fourth-order valence-electron chi connectivity index (χ4n) is 2.99. The van der Waals surface area contributed by atoms with E-state index in [9.17, 15) is 0 Å². The van der Waals surface area contributed by atoms with Crippen LogP contribution in [0.2, 0.25) is 0 Å². The summed E-state index contributed by atoms with van der Waals surface area (Å²) in [6.45, 7) is 2.39. The summed E-state index contributed by atoms with van der Waals surface area (Å²) in [5.74, 6) is 1.42. The van der Waals surface area contributed by atoms with Crippen molar-refractivity contribution in [2.75, 3.05) is 13.2 Å². The van der Waals surface area contributed by atoms with E-state index in [1.165, 1.54) is 5.56 Å². The minimum absolute atomic E-state index is 0.403. The van der Waals surface area contributed by atoms with Gasteiger partial charge in [0.2, 0.25) is 0 Å². The highest BCUT2D eigenvalue weighted by Crippen LogP contribution is 2.32. The number of rotatable bonds is 5. The molecule has 116 valence electrons. The summed E-state index contributed by atoms with van der Waals surface area (Å²) in [6.07, 6.45) is 5.49. The van der Waals surface area contributed by atoms with Crippen LogP contribution in [0.25, 0.3) is 11.3 Å². The molecule has 0 saturated carbocycles. The summed E-state index contributed by atoms with van der Waals surface area (Å²) in [4.78, 5) is 4.17. The molecule has 1 aliphatic heterocycles. The van der Waals surface area contributed by atoms with Gasteiger partial charge in [0.25, 0.3) is 0 Å². The van der Waals surface area contributed by atoms with Crippen LogP contribution in [0.3, 0.4) is 0 Å². The molecule has 0 radical (unpaired) electrons. The lowest BCUT2D eigenvalue weighted by Gasteiger charge is -2.10. The highest BCUT2D eigenvalue weighted by molar-refractivity contribution is 5.61. The molecular weight excluding hydrogens is 288 g/mol. The highest BCUT2D eigenvalue weighted by atomic mass is 16.5. The van der Waals surface area contributed by atoms with Crippen LogP contribution in [0.1, 0.15) is 17.0 Å². The fraction of sp³-hybridized carbons (Fsp3) is 0.222. The smallest absolute Gasteiger partial charge is 0.122 e. The number of H-pyrrole nitrogens is 1. The quantitative estimate of drug-likeness (QED) is 0.761. The first kappa shape index (κ1) is 14.0. The monoisotopic (exact) mass is 306 g/mol. The van der Waals surface area contributed by atoms with Gasteiger partial charge in [-0.1, -0.05) is 18.2 Å². The molecule has 0 bridgehead atoms. The van der Waals surface area contributed by atoms with Gasteiger partial charge in [0.1, 0.15) is 5.75 Å². The zero-order valence-electron chi connectivity index (χ0n) is 12.7. The van der Waals surface area contributed by atoms with Gasteiger partial charge in [-0.25, -0.2) is 0 Å². The van der Waals surface area contributed by atoms with Gasteiger partial charge in [-0.15, -0.1) is 0 Å². The molecule has 0 amide bonds. The van der Waals surface area contributed by atoms with E-state index < -0.39 is 0 Å². The Kier molecular flexibility index (Phi) is 3.78. The van der Waals surface area contributed by atoms with Gasteiger partial charge in [-0.05, 0) is 18.2 Å². The van der Waals surface area contributed by atoms with Crippen molar-refractivity contribution in [3.05, 3.63) is 66.1 Å². The van der Waals surface area contributed by atoms with E-state index in [2.05, 4.69) is 32.6 Å². The highest BCUT2D eigenvalue weighted by Gasteiger charge is 2.23. The van der Waals surface area contributed by atoms with Crippen molar-refractivity contribution < 1.29 is 4.74 Å². The standard InChI is InChI=1S/C18H18N4O/c1-2-6-17-16(5-1)15(12-23-17)10-20-9-14-11-21-22-18(14)13-4-3-7-19-8-13/h1-8,11,15,20H,9-10,12H2,(H,21,22). The predicted molar refractivity (Wildman–Crippen MR) is 88.2 cm³/mol. The van der Waals surface area contributed by atoms with Crippen LogP contribution in [-0.4, -0.2) is 28.3 Å². The molecule has 0 aliphatic carbocycles. The maximum absolute atomic E-state index is 5.73. The first-order chi connectivity index (χ1) is 11.4. The van der Waals surface area contributed by atoms with E-state index in [1.807, 2.05) is 36.7 Å². The van der Waals surface area contributed by atoms with Crippen molar-refractivity contribution in [2.45, 2.75) is 12.5 Å². The van der Waals surface area contributed by atoms with Crippen molar-refractivity contribution in [3.8, 4) is 17.0 Å². The average molecular weight is 306 g/mol. The molecule has 1 aliphatic rings. The number of ether oxygens (including phenoxy) is 1. The van der Waals surface area contributed by atoms with Crippen LogP contribution in [0.15, 0.2) is 55.0 Å². The van der Waals surface area contributed by atoms with E-state index >= 15 is 0 Å². The molecule has 5 heteroatoms. The summed E-state index contributed by atoms with van der Waals surface area (Å²) < 4.78 is 5.73. The van der Waals surface area contributed by atoms with E-state index in [0.29, 0.717) is 5.92 Å². The summed E-state index contributed by atoms with van der Waals surface area (Å²) in [5, 5.41) is 10.7. The van der Waals surface area contributed by atoms with Crippen LogP contribution in [-0.2, 0) is 6.54 Å². The average Bonchev–Trinajstić information content (AvgIpc) is 3.23. The summed E-state index contributed by atoms with van der Waals surface area (Å²) in [7, 11) is 0. The lowest BCUT2D eigenvalue weighted by Crippen LogP contribution is -2.22. The number of aromatic amines is 1. The van der Waals surface area contributed by atoms with Crippen LogP contribution in [0, 0.1) is 0 Å². The lowest BCUT2D eigenvalue weighted by atomic mass is 10.0. The molecule has 5 nitrogen and oxygen atoms in total. The normalized spacial score (nSPS) is 16.1. The van der Waals surface area contributed by atoms with Crippen LogP contribution in [0.5, 0.6) is 5.75 Å². The summed E-state index contributed by atoms with van der Waals surface area (Å²) in [6, 6.07) is 12.2. The molecule has 1 atom stereocenters. The van der Waals surface area contributed by atoms with Gasteiger partial charge in [-0.3, -0.25) is 10.1 Å². The first-order valence-electron chi connectivity index (χ1n) is 7.77. The van der Waals surface area contributed by atoms with E-state index in [4.69, 9.17) is 4.74 Å². The lowest BCUT2D eigenvalue weighted by molar-refractivity contribution is 0.326. The van der Waals surface area contributed by atoms with Crippen LogP contribution >= 0.6 is 0 Å². The molecule has 23 heavy (non-hydrogen) atoms. The Hall–Kier alpha value is -2.66. The Bertz CT molecular complexity index is 784. The van der Waals surface area contributed by atoms with Gasteiger partial charge in [-0.2, -0.15) is 5.10 Å². The van der Waals surface area contributed by atoms with Crippen LogP contribution < -0.4 is 10.1 Å². The Morgan fingerprint density at radius 2 is 2.13 bits per heavy atom. The van der Waals surface area contributed by atoms with Crippen molar-refractivity contribution in [1.29, 1.82) is 0 Å². The summed E-state index contributed by atoms with van der Waals surface area (Å²) in [5.41, 5.74) is 4.51. The van der Waals surface area contributed by atoms with Crippen LogP contribution in [0.4, 0.5) is 0 Å². The second-order valence-electron chi connectivity index (χ2n) is 5.69. The molecule has 0 fully saturated rings. The molecule has 2 N–H and O–H groups in total. The number of nitrogens with one attached hydrogen (secondary N) is 2. The Labute approximate surface area is 134 Å². The van der Waals surface area contributed by atoms with Crippen molar-refractivity contribution in [2.24, 2.45) is 0 Å². The van der Waals surface area contributed by atoms with Gasteiger partial charge in [0.15, 0.2) is 0 Å². The largest absolute Gasteiger partial charge is 0.493 e. The fourth-order valence-corrected chi connectivity index (χ4v) is 2.99. The SMILES string of the molecule is c1cncc(-c2[nH]ncc2CNCC2COc3ccccc32)c1. The molecule has 3 aromatic rings. The van der Waals surface area contributed by atoms with Crippen molar-refractivity contribution >= 4 is 0 Å². The molecule has 4 rings (SSSR count). The Morgan fingerprint density at radius 3 is 3.04 bits per heavy atom.